The van der Waals surface area contributed by atoms with Crippen molar-refractivity contribution in [1.29, 1.82) is 5.26 Å². The van der Waals surface area contributed by atoms with E-state index >= 15 is 0 Å². The Morgan fingerprint density at radius 2 is 2.00 bits per heavy atom. The highest BCUT2D eigenvalue weighted by atomic mass is 16.3. The molecule has 0 aromatic heterocycles. The fraction of sp³-hybridized carbons (Fsp3) is 0.941. The second kappa shape index (κ2) is 8.73. The first-order valence-corrected chi connectivity index (χ1v) is 8.74. The molecule has 2 fully saturated rings. The van der Waals surface area contributed by atoms with E-state index in [0.717, 1.165) is 32.4 Å². The van der Waals surface area contributed by atoms with Crippen molar-refractivity contribution in [2.75, 3.05) is 19.6 Å². The van der Waals surface area contributed by atoms with E-state index in [2.05, 4.69) is 16.3 Å². The second-order valence-electron chi connectivity index (χ2n) is 6.95. The zero-order chi connectivity index (χ0) is 15.1. The van der Waals surface area contributed by atoms with Crippen LogP contribution in [0.4, 0.5) is 0 Å². The van der Waals surface area contributed by atoms with Crippen LogP contribution in [0, 0.1) is 17.2 Å². The molecule has 0 bridgehead atoms. The molecule has 1 aliphatic heterocycles. The zero-order valence-corrected chi connectivity index (χ0v) is 13.4. The zero-order valence-electron chi connectivity index (χ0n) is 13.4. The van der Waals surface area contributed by atoms with Gasteiger partial charge in [-0.1, -0.05) is 26.2 Å². The standard InChI is InChI=1S/C17H31N3O/c1-2-17(21)11-14-10-16(13-20(12-14)9-8-18)19-15-6-4-3-5-7-15/h14-17,19,21H,2-7,9-13H2,1H3. The van der Waals surface area contributed by atoms with E-state index in [1.54, 1.807) is 0 Å². The lowest BCUT2D eigenvalue weighted by Crippen LogP contribution is -2.52. The summed E-state index contributed by atoms with van der Waals surface area (Å²) in [5.74, 6) is 0.517. The van der Waals surface area contributed by atoms with E-state index in [9.17, 15) is 5.11 Å². The summed E-state index contributed by atoms with van der Waals surface area (Å²) < 4.78 is 0. The summed E-state index contributed by atoms with van der Waals surface area (Å²) >= 11 is 0. The maximum absolute atomic E-state index is 9.93. The van der Waals surface area contributed by atoms with Crippen LogP contribution in [-0.2, 0) is 0 Å². The Morgan fingerprint density at radius 3 is 2.67 bits per heavy atom. The first kappa shape index (κ1) is 16.7. The van der Waals surface area contributed by atoms with E-state index in [1.165, 1.54) is 32.1 Å². The van der Waals surface area contributed by atoms with Gasteiger partial charge in [0.2, 0.25) is 0 Å². The number of aliphatic hydroxyl groups excluding tert-OH is 1. The van der Waals surface area contributed by atoms with E-state index in [4.69, 9.17) is 5.26 Å². The van der Waals surface area contributed by atoms with Gasteiger partial charge in [0, 0.05) is 25.2 Å². The average molecular weight is 293 g/mol. The molecule has 3 unspecified atom stereocenters. The van der Waals surface area contributed by atoms with Crippen LogP contribution >= 0.6 is 0 Å². The Hall–Kier alpha value is -0.630. The lowest BCUT2D eigenvalue weighted by molar-refractivity contribution is 0.0855. The summed E-state index contributed by atoms with van der Waals surface area (Å²) in [6.07, 6.45) is 9.36. The highest BCUT2D eigenvalue weighted by Gasteiger charge is 2.29. The molecule has 1 aliphatic carbocycles. The quantitative estimate of drug-likeness (QED) is 0.738. The van der Waals surface area contributed by atoms with Crippen LogP contribution in [0.1, 0.15) is 58.3 Å². The van der Waals surface area contributed by atoms with Crippen LogP contribution in [0.3, 0.4) is 0 Å². The molecule has 1 heterocycles. The van der Waals surface area contributed by atoms with Gasteiger partial charge in [-0.05, 0) is 38.0 Å². The first-order chi connectivity index (χ1) is 10.2. The van der Waals surface area contributed by atoms with Gasteiger partial charge in [-0.15, -0.1) is 0 Å². The third-order valence-corrected chi connectivity index (χ3v) is 5.06. The van der Waals surface area contributed by atoms with E-state index in [-0.39, 0.29) is 6.10 Å². The van der Waals surface area contributed by atoms with Gasteiger partial charge in [0.25, 0.3) is 0 Å². The van der Waals surface area contributed by atoms with E-state index in [1.807, 2.05) is 6.92 Å². The van der Waals surface area contributed by atoms with Gasteiger partial charge in [-0.2, -0.15) is 5.26 Å². The van der Waals surface area contributed by atoms with Crippen molar-refractivity contribution in [2.45, 2.75) is 76.5 Å². The molecule has 4 heteroatoms. The maximum atomic E-state index is 9.93. The molecule has 0 aromatic carbocycles. The number of nitrogens with one attached hydrogen (secondary N) is 1. The number of piperidine rings is 1. The largest absolute Gasteiger partial charge is 0.393 e. The Bertz CT molecular complexity index is 335. The van der Waals surface area contributed by atoms with Crippen LogP contribution in [0.2, 0.25) is 0 Å². The fourth-order valence-corrected chi connectivity index (χ4v) is 3.98. The van der Waals surface area contributed by atoms with Crippen molar-refractivity contribution in [3.05, 3.63) is 0 Å². The average Bonchev–Trinajstić information content (AvgIpc) is 2.48. The van der Waals surface area contributed by atoms with E-state index in [0.29, 0.717) is 24.5 Å². The number of hydrogen-bond acceptors (Lipinski definition) is 4. The highest BCUT2D eigenvalue weighted by molar-refractivity contribution is 4.90. The predicted molar refractivity (Wildman–Crippen MR) is 84.9 cm³/mol. The van der Waals surface area contributed by atoms with Crippen molar-refractivity contribution in [3.8, 4) is 6.07 Å². The predicted octanol–water partition coefficient (Wildman–Crippen LogP) is 2.28. The van der Waals surface area contributed by atoms with Gasteiger partial charge in [0.15, 0.2) is 0 Å². The number of aliphatic hydroxyl groups is 1. The molecule has 2 N–H and O–H groups in total. The molecule has 4 nitrogen and oxygen atoms in total. The van der Waals surface area contributed by atoms with Crippen molar-refractivity contribution in [1.82, 2.24) is 10.2 Å². The smallest absolute Gasteiger partial charge is 0.0866 e. The van der Waals surface area contributed by atoms with Crippen LogP contribution in [0.25, 0.3) is 0 Å². The lowest BCUT2D eigenvalue weighted by Gasteiger charge is -2.40. The molecular formula is C17H31N3O. The summed E-state index contributed by atoms with van der Waals surface area (Å²) in [5, 5.41) is 22.7. The molecule has 0 amide bonds. The third-order valence-electron chi connectivity index (χ3n) is 5.06. The molecule has 120 valence electrons. The molecule has 0 radical (unpaired) electrons. The molecule has 3 atom stereocenters. The van der Waals surface area contributed by atoms with Crippen molar-refractivity contribution in [2.24, 2.45) is 5.92 Å². The highest BCUT2D eigenvalue weighted by Crippen LogP contribution is 2.24. The molecule has 1 saturated carbocycles. The Balaban J connectivity index is 1.87. The molecule has 1 saturated heterocycles. The summed E-state index contributed by atoms with van der Waals surface area (Å²) in [5.41, 5.74) is 0. The Kier molecular flexibility index (Phi) is 6.95. The van der Waals surface area contributed by atoms with Gasteiger partial charge < -0.3 is 10.4 Å². The summed E-state index contributed by atoms with van der Waals surface area (Å²) in [6.45, 7) is 4.51. The van der Waals surface area contributed by atoms with E-state index < -0.39 is 0 Å². The Morgan fingerprint density at radius 1 is 1.24 bits per heavy atom. The molecule has 21 heavy (non-hydrogen) atoms. The van der Waals surface area contributed by atoms with Gasteiger partial charge >= 0.3 is 0 Å². The monoisotopic (exact) mass is 293 g/mol. The van der Waals surface area contributed by atoms with Crippen LogP contribution in [0.5, 0.6) is 0 Å². The third kappa shape index (κ3) is 5.58. The Labute approximate surface area is 129 Å². The fourth-order valence-electron chi connectivity index (χ4n) is 3.98. The summed E-state index contributed by atoms with van der Waals surface area (Å²) in [7, 11) is 0. The van der Waals surface area contributed by atoms with Crippen LogP contribution in [-0.4, -0.2) is 47.8 Å². The molecule has 0 aromatic rings. The maximum Gasteiger partial charge on any atom is 0.0866 e. The minimum Gasteiger partial charge on any atom is -0.393 e. The normalized spacial score (nSPS) is 30.0. The van der Waals surface area contributed by atoms with Crippen LogP contribution in [0.15, 0.2) is 0 Å². The molecule has 2 rings (SSSR count). The van der Waals surface area contributed by atoms with Gasteiger partial charge in [-0.25, -0.2) is 0 Å². The van der Waals surface area contributed by atoms with Crippen molar-refractivity contribution >= 4 is 0 Å². The number of rotatable bonds is 6. The molecular weight excluding hydrogens is 262 g/mol. The number of nitriles is 1. The topological polar surface area (TPSA) is 59.3 Å². The molecule has 0 spiro atoms. The van der Waals surface area contributed by atoms with Crippen molar-refractivity contribution in [3.63, 3.8) is 0 Å². The second-order valence-corrected chi connectivity index (χ2v) is 6.95. The number of nitrogens with zero attached hydrogens (tertiary/aromatic N) is 2. The van der Waals surface area contributed by atoms with Gasteiger partial charge in [0.1, 0.15) is 0 Å². The van der Waals surface area contributed by atoms with Crippen LogP contribution < -0.4 is 5.32 Å². The SMILES string of the molecule is CCC(O)CC1CC(NC2CCCCC2)CN(CC#N)C1. The molecule has 2 aliphatic rings. The van der Waals surface area contributed by atoms with Gasteiger partial charge in [-0.3, -0.25) is 4.90 Å². The summed E-state index contributed by atoms with van der Waals surface area (Å²) in [6, 6.07) is 3.44. The first-order valence-electron chi connectivity index (χ1n) is 8.74. The number of hydrogen-bond donors (Lipinski definition) is 2. The van der Waals surface area contributed by atoms with Gasteiger partial charge in [0.05, 0.1) is 18.7 Å². The van der Waals surface area contributed by atoms with Crippen molar-refractivity contribution < 1.29 is 5.11 Å². The lowest BCUT2D eigenvalue weighted by atomic mass is 9.87. The minimum atomic E-state index is -0.188. The summed E-state index contributed by atoms with van der Waals surface area (Å²) in [4.78, 5) is 2.26. The minimum absolute atomic E-state index is 0.188. The number of likely N-dealkylation sites (tertiary alicyclic amines) is 1.